The largest absolute Gasteiger partial charge is 0.364 e. The molecule has 0 saturated carbocycles. The lowest BCUT2D eigenvalue weighted by Crippen LogP contribution is -2.47. The summed E-state index contributed by atoms with van der Waals surface area (Å²) in [6, 6.07) is 9.71. The van der Waals surface area contributed by atoms with Gasteiger partial charge in [-0.05, 0) is 50.2 Å². The quantitative estimate of drug-likeness (QED) is 0.858. The van der Waals surface area contributed by atoms with Gasteiger partial charge in [0.2, 0.25) is 0 Å². The summed E-state index contributed by atoms with van der Waals surface area (Å²) >= 11 is 0. The number of carbonyl (C=O) groups excluding carboxylic acids is 1. The highest BCUT2D eigenvalue weighted by Gasteiger charge is 2.43. The highest BCUT2D eigenvalue weighted by Crippen LogP contribution is 2.43. The number of hydrogen-bond donors (Lipinski definition) is 1. The minimum Gasteiger partial charge on any atom is -0.364 e. The van der Waals surface area contributed by atoms with Crippen LogP contribution in [0.15, 0.2) is 48.9 Å². The van der Waals surface area contributed by atoms with Gasteiger partial charge in [-0.3, -0.25) is 9.97 Å². The van der Waals surface area contributed by atoms with Crippen LogP contribution in [0, 0.1) is 5.41 Å². The second-order valence-electron chi connectivity index (χ2n) is 6.08. The molecule has 5 heteroatoms. The molecule has 1 aliphatic heterocycles. The van der Waals surface area contributed by atoms with Crippen molar-refractivity contribution in [2.45, 2.75) is 18.9 Å². The first-order valence-electron chi connectivity index (χ1n) is 7.98. The normalized spacial score (nSPS) is 18.1. The smallest absolute Gasteiger partial charge is 0.128 e. The molecule has 2 aromatic heterocycles. The lowest BCUT2D eigenvalue weighted by molar-refractivity contribution is -0.119. The maximum Gasteiger partial charge on any atom is 0.128 e. The van der Waals surface area contributed by atoms with Crippen molar-refractivity contribution >= 4 is 12.0 Å². The minimum atomic E-state index is -0.440. The van der Waals surface area contributed by atoms with Crippen molar-refractivity contribution in [3.05, 3.63) is 54.6 Å². The number of nitrogens with zero attached hydrogens (tertiary/aromatic N) is 3. The number of pyridine rings is 2. The van der Waals surface area contributed by atoms with Gasteiger partial charge >= 0.3 is 0 Å². The fourth-order valence-corrected chi connectivity index (χ4v) is 3.48. The number of aldehydes is 1. The summed E-state index contributed by atoms with van der Waals surface area (Å²) < 4.78 is 0. The van der Waals surface area contributed by atoms with Crippen molar-refractivity contribution in [3.63, 3.8) is 0 Å². The second kappa shape index (κ2) is 6.87. The predicted octanol–water partition coefficient (Wildman–Crippen LogP) is 2.22. The van der Waals surface area contributed by atoms with Gasteiger partial charge in [-0.2, -0.15) is 0 Å². The van der Waals surface area contributed by atoms with E-state index >= 15 is 0 Å². The van der Waals surface area contributed by atoms with Crippen molar-refractivity contribution in [1.82, 2.24) is 15.3 Å². The first-order chi connectivity index (χ1) is 11.3. The van der Waals surface area contributed by atoms with E-state index in [4.69, 9.17) is 0 Å². The molecular formula is C18H22N4O. The number of hydrogen-bond acceptors (Lipinski definition) is 5. The van der Waals surface area contributed by atoms with E-state index in [0.717, 1.165) is 43.6 Å². The van der Waals surface area contributed by atoms with Gasteiger partial charge in [-0.25, -0.2) is 0 Å². The molecule has 120 valence electrons. The van der Waals surface area contributed by atoms with E-state index in [1.807, 2.05) is 43.6 Å². The summed E-state index contributed by atoms with van der Waals surface area (Å²) in [6.45, 7) is 1.70. The molecule has 3 heterocycles. The third kappa shape index (κ3) is 3.10. The SMILES string of the molecule is CN(c1cccnc1)C(c1ccccn1)C1(C=O)CCNCC1. The monoisotopic (exact) mass is 310 g/mol. The average Bonchev–Trinajstić information content (AvgIpc) is 2.64. The van der Waals surface area contributed by atoms with E-state index < -0.39 is 5.41 Å². The molecule has 0 bridgehead atoms. The summed E-state index contributed by atoms with van der Waals surface area (Å²) in [7, 11) is 2.02. The van der Waals surface area contributed by atoms with Crippen LogP contribution < -0.4 is 10.2 Å². The van der Waals surface area contributed by atoms with Crippen LogP contribution >= 0.6 is 0 Å². The molecule has 1 aliphatic rings. The predicted molar refractivity (Wildman–Crippen MR) is 90.2 cm³/mol. The average molecular weight is 310 g/mol. The van der Waals surface area contributed by atoms with Crippen LogP contribution in [0.25, 0.3) is 0 Å². The van der Waals surface area contributed by atoms with E-state index in [9.17, 15) is 4.79 Å². The van der Waals surface area contributed by atoms with Crippen LogP contribution in [-0.4, -0.2) is 36.4 Å². The van der Waals surface area contributed by atoms with Crippen LogP contribution in [0.4, 0.5) is 5.69 Å². The van der Waals surface area contributed by atoms with Gasteiger partial charge in [-0.15, -0.1) is 0 Å². The summed E-state index contributed by atoms with van der Waals surface area (Å²) in [5.74, 6) is 0. The summed E-state index contributed by atoms with van der Waals surface area (Å²) in [5.41, 5.74) is 1.47. The third-order valence-corrected chi connectivity index (χ3v) is 4.72. The molecule has 1 unspecified atom stereocenters. The molecule has 1 saturated heterocycles. The van der Waals surface area contributed by atoms with Crippen molar-refractivity contribution in [1.29, 1.82) is 0 Å². The first-order valence-corrected chi connectivity index (χ1v) is 7.98. The topological polar surface area (TPSA) is 58.1 Å². The Bertz CT molecular complexity index is 626. The lowest BCUT2D eigenvalue weighted by atomic mass is 9.72. The molecular weight excluding hydrogens is 288 g/mol. The maximum atomic E-state index is 12.1. The third-order valence-electron chi connectivity index (χ3n) is 4.72. The highest BCUT2D eigenvalue weighted by atomic mass is 16.1. The molecule has 0 aliphatic carbocycles. The second-order valence-corrected chi connectivity index (χ2v) is 6.08. The van der Waals surface area contributed by atoms with Gasteiger partial charge in [0.15, 0.2) is 0 Å². The van der Waals surface area contributed by atoms with E-state index in [1.54, 1.807) is 12.4 Å². The Balaban J connectivity index is 2.05. The fourth-order valence-electron chi connectivity index (χ4n) is 3.48. The zero-order valence-corrected chi connectivity index (χ0v) is 13.4. The zero-order chi connectivity index (χ0) is 16.1. The molecule has 0 radical (unpaired) electrons. The van der Waals surface area contributed by atoms with E-state index in [1.165, 1.54) is 0 Å². The van der Waals surface area contributed by atoms with Gasteiger partial charge in [-0.1, -0.05) is 6.07 Å². The number of rotatable bonds is 5. The number of aromatic nitrogens is 2. The maximum absolute atomic E-state index is 12.1. The molecule has 0 spiro atoms. The van der Waals surface area contributed by atoms with E-state index in [2.05, 4.69) is 20.2 Å². The molecule has 2 aromatic rings. The van der Waals surface area contributed by atoms with Crippen molar-refractivity contribution < 1.29 is 4.79 Å². The Morgan fingerprint density at radius 2 is 2.04 bits per heavy atom. The molecule has 0 aromatic carbocycles. The van der Waals surface area contributed by atoms with Crippen molar-refractivity contribution in [2.24, 2.45) is 5.41 Å². The molecule has 3 rings (SSSR count). The Morgan fingerprint density at radius 1 is 1.22 bits per heavy atom. The number of carbonyl (C=O) groups is 1. The molecule has 0 amide bonds. The van der Waals surface area contributed by atoms with Gasteiger partial charge in [0, 0.05) is 19.4 Å². The molecule has 1 atom stereocenters. The number of piperidine rings is 1. The first kappa shape index (κ1) is 15.6. The lowest BCUT2D eigenvalue weighted by Gasteiger charge is -2.44. The van der Waals surface area contributed by atoms with E-state index in [-0.39, 0.29) is 6.04 Å². The minimum absolute atomic E-state index is 0.104. The summed E-state index contributed by atoms with van der Waals surface area (Å²) in [5, 5.41) is 3.35. The van der Waals surface area contributed by atoms with Crippen LogP contribution in [0.1, 0.15) is 24.6 Å². The Hall–Kier alpha value is -2.27. The van der Waals surface area contributed by atoms with Gasteiger partial charge in [0.05, 0.1) is 29.0 Å². The standard InChI is InChI=1S/C18H22N4O/c1-22(15-5-4-9-20-13-15)17(16-6-2-3-10-21-16)18(14-23)7-11-19-12-8-18/h2-6,9-10,13-14,17,19H,7-8,11-12H2,1H3. The Kier molecular flexibility index (Phi) is 4.67. The van der Waals surface area contributed by atoms with Crippen LogP contribution in [0.3, 0.4) is 0 Å². The van der Waals surface area contributed by atoms with Crippen molar-refractivity contribution in [2.75, 3.05) is 25.0 Å². The molecule has 5 nitrogen and oxygen atoms in total. The summed E-state index contributed by atoms with van der Waals surface area (Å²) in [4.78, 5) is 23.0. The van der Waals surface area contributed by atoms with E-state index in [0.29, 0.717) is 0 Å². The van der Waals surface area contributed by atoms with Crippen LogP contribution in [-0.2, 0) is 4.79 Å². The Labute approximate surface area is 136 Å². The molecule has 23 heavy (non-hydrogen) atoms. The van der Waals surface area contributed by atoms with Crippen LogP contribution in [0.5, 0.6) is 0 Å². The molecule has 1 fully saturated rings. The highest BCUT2D eigenvalue weighted by molar-refractivity contribution is 5.64. The fraction of sp³-hybridized carbons (Fsp3) is 0.389. The van der Waals surface area contributed by atoms with Crippen molar-refractivity contribution in [3.8, 4) is 0 Å². The van der Waals surface area contributed by atoms with Gasteiger partial charge < -0.3 is 15.0 Å². The summed E-state index contributed by atoms with van der Waals surface area (Å²) in [6.07, 6.45) is 8.13. The Morgan fingerprint density at radius 3 is 2.65 bits per heavy atom. The van der Waals surface area contributed by atoms with Gasteiger partial charge in [0.1, 0.15) is 6.29 Å². The van der Waals surface area contributed by atoms with Crippen LogP contribution in [0.2, 0.25) is 0 Å². The number of nitrogens with one attached hydrogen (secondary N) is 1. The zero-order valence-electron chi connectivity index (χ0n) is 13.4. The van der Waals surface area contributed by atoms with Gasteiger partial charge in [0.25, 0.3) is 0 Å². The number of anilines is 1. The molecule has 1 N–H and O–H groups in total.